The molecule has 0 saturated heterocycles. The minimum atomic E-state index is -0.214. The van der Waals surface area contributed by atoms with E-state index in [4.69, 9.17) is 4.74 Å². The number of hydrogen-bond acceptors (Lipinski definition) is 4. The third-order valence-electron chi connectivity index (χ3n) is 4.69. The topological polar surface area (TPSA) is 74.2 Å². The summed E-state index contributed by atoms with van der Waals surface area (Å²) < 4.78 is 5.13. The molecule has 3 amide bonds. The highest BCUT2D eigenvalue weighted by Gasteiger charge is 2.37. The Morgan fingerprint density at radius 1 is 1.19 bits per heavy atom. The van der Waals surface area contributed by atoms with Gasteiger partial charge in [0.25, 0.3) is 0 Å². The van der Waals surface area contributed by atoms with Gasteiger partial charge in [-0.25, -0.2) is 4.79 Å². The zero-order valence-corrected chi connectivity index (χ0v) is 15.0. The highest BCUT2D eigenvalue weighted by molar-refractivity contribution is 6.20. The number of urea groups is 1. The van der Waals surface area contributed by atoms with Crippen LogP contribution < -0.4 is 15.0 Å². The molecule has 138 valence electrons. The molecule has 0 radical (unpaired) electrons. The number of carbonyl (C=O) groups is 2. The van der Waals surface area contributed by atoms with Gasteiger partial charge >= 0.3 is 6.03 Å². The summed E-state index contributed by atoms with van der Waals surface area (Å²) in [4.78, 5) is 32.9. The van der Waals surface area contributed by atoms with Crippen molar-refractivity contribution in [3.63, 3.8) is 0 Å². The second-order valence-corrected chi connectivity index (χ2v) is 6.37. The van der Waals surface area contributed by atoms with E-state index in [1.807, 2.05) is 48.5 Å². The molecule has 0 fully saturated rings. The van der Waals surface area contributed by atoms with Crippen LogP contribution in [0.3, 0.4) is 0 Å². The van der Waals surface area contributed by atoms with Crippen LogP contribution in [-0.4, -0.2) is 49.4 Å². The maximum atomic E-state index is 12.8. The summed E-state index contributed by atoms with van der Waals surface area (Å²) in [7, 11) is 1.61. The van der Waals surface area contributed by atoms with E-state index in [0.717, 1.165) is 22.6 Å². The summed E-state index contributed by atoms with van der Waals surface area (Å²) in [6, 6.07) is 14.8. The Morgan fingerprint density at radius 3 is 2.74 bits per heavy atom. The molecule has 0 aliphatic carbocycles. The number of hydrogen-bond donors (Lipinski definition) is 1. The Morgan fingerprint density at radius 2 is 1.96 bits per heavy atom. The average Bonchev–Trinajstić information content (AvgIpc) is 3.20. The maximum Gasteiger partial charge on any atom is 0.330 e. The van der Waals surface area contributed by atoms with Crippen molar-refractivity contribution in [2.75, 3.05) is 31.6 Å². The summed E-state index contributed by atoms with van der Waals surface area (Å²) in [5, 5.41) is 2.87. The SMILES string of the molecule is COc1ccc(CNC(=O)CN2C(=O)N3CCN=C3c3ccccc32)cc1. The Bertz CT molecular complexity index is 908. The molecule has 7 nitrogen and oxygen atoms in total. The fourth-order valence-electron chi connectivity index (χ4n) is 3.31. The highest BCUT2D eigenvalue weighted by Crippen LogP contribution is 2.30. The zero-order chi connectivity index (χ0) is 18.8. The van der Waals surface area contributed by atoms with Gasteiger partial charge in [0.1, 0.15) is 18.1 Å². The zero-order valence-electron chi connectivity index (χ0n) is 15.0. The molecule has 0 spiro atoms. The van der Waals surface area contributed by atoms with E-state index in [-0.39, 0.29) is 18.5 Å². The number of amidine groups is 1. The Labute approximate surface area is 157 Å². The van der Waals surface area contributed by atoms with Gasteiger partial charge in [0.2, 0.25) is 5.91 Å². The van der Waals surface area contributed by atoms with E-state index in [1.165, 1.54) is 4.90 Å². The maximum absolute atomic E-state index is 12.8. The molecule has 0 atom stereocenters. The van der Waals surface area contributed by atoms with Crippen molar-refractivity contribution in [1.82, 2.24) is 10.2 Å². The van der Waals surface area contributed by atoms with Crippen LogP contribution in [-0.2, 0) is 11.3 Å². The van der Waals surface area contributed by atoms with Gasteiger partial charge in [-0.3, -0.25) is 19.6 Å². The number of nitrogens with one attached hydrogen (secondary N) is 1. The first kappa shape index (κ1) is 17.1. The van der Waals surface area contributed by atoms with Crippen molar-refractivity contribution in [2.45, 2.75) is 6.54 Å². The summed E-state index contributed by atoms with van der Waals surface area (Å²) in [6.45, 7) is 1.50. The van der Waals surface area contributed by atoms with Gasteiger partial charge < -0.3 is 10.1 Å². The molecule has 0 bridgehead atoms. The molecular weight excluding hydrogens is 344 g/mol. The fraction of sp³-hybridized carbons (Fsp3) is 0.250. The first-order valence-electron chi connectivity index (χ1n) is 8.80. The van der Waals surface area contributed by atoms with Crippen LogP contribution in [0.5, 0.6) is 5.75 Å². The second kappa shape index (κ2) is 7.11. The smallest absolute Gasteiger partial charge is 0.330 e. The van der Waals surface area contributed by atoms with Crippen molar-refractivity contribution in [1.29, 1.82) is 0 Å². The number of methoxy groups -OCH3 is 1. The standard InChI is InChI=1S/C20H20N4O3/c1-27-15-8-6-14(7-9-15)12-22-18(25)13-24-17-5-3-2-4-16(17)19-21-10-11-23(19)20(24)26/h2-9H,10-13H2,1H3,(H,22,25). The van der Waals surface area contributed by atoms with Crippen LogP contribution in [0.15, 0.2) is 53.5 Å². The lowest BCUT2D eigenvalue weighted by atomic mass is 10.1. The predicted molar refractivity (Wildman–Crippen MR) is 102 cm³/mol. The number of benzene rings is 2. The van der Waals surface area contributed by atoms with Crippen LogP contribution in [0, 0.1) is 0 Å². The van der Waals surface area contributed by atoms with E-state index < -0.39 is 0 Å². The van der Waals surface area contributed by atoms with E-state index in [9.17, 15) is 9.59 Å². The van der Waals surface area contributed by atoms with Crippen LogP contribution >= 0.6 is 0 Å². The van der Waals surface area contributed by atoms with Gasteiger partial charge in [-0.05, 0) is 29.8 Å². The molecule has 2 aliphatic heterocycles. The number of rotatable bonds is 5. The van der Waals surface area contributed by atoms with Crippen molar-refractivity contribution in [3.8, 4) is 5.75 Å². The van der Waals surface area contributed by atoms with Crippen molar-refractivity contribution < 1.29 is 14.3 Å². The van der Waals surface area contributed by atoms with Crippen molar-refractivity contribution in [3.05, 3.63) is 59.7 Å². The minimum absolute atomic E-state index is 0.0320. The molecule has 27 heavy (non-hydrogen) atoms. The van der Waals surface area contributed by atoms with E-state index in [0.29, 0.717) is 25.5 Å². The molecule has 2 aromatic rings. The van der Waals surface area contributed by atoms with Gasteiger partial charge in [-0.1, -0.05) is 24.3 Å². The fourth-order valence-corrected chi connectivity index (χ4v) is 3.31. The lowest BCUT2D eigenvalue weighted by molar-refractivity contribution is -0.119. The summed E-state index contributed by atoms with van der Waals surface area (Å²) in [6.07, 6.45) is 0. The largest absolute Gasteiger partial charge is 0.497 e. The number of aliphatic imine (C=N–C) groups is 1. The first-order valence-corrected chi connectivity index (χ1v) is 8.80. The number of fused-ring (bicyclic) bond motifs is 3. The molecule has 2 aromatic carbocycles. The third kappa shape index (κ3) is 3.23. The Balaban J connectivity index is 1.46. The van der Waals surface area contributed by atoms with E-state index in [2.05, 4.69) is 10.3 Å². The van der Waals surface area contributed by atoms with Gasteiger partial charge in [0, 0.05) is 18.7 Å². The lowest BCUT2D eigenvalue weighted by Gasteiger charge is -2.34. The van der Waals surface area contributed by atoms with Crippen LogP contribution in [0.2, 0.25) is 0 Å². The highest BCUT2D eigenvalue weighted by atomic mass is 16.5. The molecule has 0 saturated carbocycles. The number of anilines is 1. The van der Waals surface area contributed by atoms with Gasteiger partial charge in [0.15, 0.2) is 0 Å². The first-order chi connectivity index (χ1) is 13.2. The normalized spacial score (nSPS) is 15.1. The Hall–Kier alpha value is -3.35. The summed E-state index contributed by atoms with van der Waals surface area (Å²) in [5.74, 6) is 1.25. The molecule has 2 aliphatic rings. The summed E-state index contributed by atoms with van der Waals surface area (Å²) >= 11 is 0. The molecule has 4 rings (SSSR count). The van der Waals surface area contributed by atoms with Crippen molar-refractivity contribution in [2.24, 2.45) is 4.99 Å². The van der Waals surface area contributed by atoms with E-state index in [1.54, 1.807) is 12.0 Å². The quantitative estimate of drug-likeness (QED) is 0.882. The Kier molecular flexibility index (Phi) is 4.50. The number of carbonyl (C=O) groups excluding carboxylic acids is 2. The number of ether oxygens (including phenoxy) is 1. The number of para-hydroxylation sites is 1. The molecular formula is C20H20N4O3. The van der Waals surface area contributed by atoms with Gasteiger partial charge in [0.05, 0.1) is 19.3 Å². The van der Waals surface area contributed by atoms with Gasteiger partial charge in [-0.15, -0.1) is 0 Å². The van der Waals surface area contributed by atoms with Crippen LogP contribution in [0.4, 0.5) is 10.5 Å². The average molecular weight is 364 g/mol. The van der Waals surface area contributed by atoms with Crippen molar-refractivity contribution >= 4 is 23.5 Å². The summed E-state index contributed by atoms with van der Waals surface area (Å²) in [5.41, 5.74) is 2.57. The third-order valence-corrected chi connectivity index (χ3v) is 4.69. The van der Waals surface area contributed by atoms with Crippen LogP contribution in [0.1, 0.15) is 11.1 Å². The second-order valence-electron chi connectivity index (χ2n) is 6.37. The lowest BCUT2D eigenvalue weighted by Crippen LogP contribution is -2.52. The molecule has 7 heteroatoms. The van der Waals surface area contributed by atoms with Gasteiger partial charge in [-0.2, -0.15) is 0 Å². The monoisotopic (exact) mass is 364 g/mol. The number of nitrogens with zero attached hydrogens (tertiary/aromatic N) is 3. The molecule has 0 aromatic heterocycles. The van der Waals surface area contributed by atoms with Crippen LogP contribution in [0.25, 0.3) is 0 Å². The number of amides is 3. The molecule has 0 unspecified atom stereocenters. The molecule has 1 N–H and O–H groups in total. The predicted octanol–water partition coefficient (Wildman–Crippen LogP) is 2.01. The van der Waals surface area contributed by atoms with E-state index >= 15 is 0 Å². The molecule has 2 heterocycles. The minimum Gasteiger partial charge on any atom is -0.497 e.